The molecule has 30 heavy (non-hydrogen) atoms. The Balaban J connectivity index is 1.37. The third-order valence-electron chi connectivity index (χ3n) is 5.25. The Morgan fingerprint density at radius 2 is 1.93 bits per heavy atom. The molecule has 162 valence electrons. The van der Waals surface area contributed by atoms with E-state index < -0.39 is 0 Å². The van der Waals surface area contributed by atoms with Gasteiger partial charge >= 0.3 is 0 Å². The molecule has 6 nitrogen and oxygen atoms in total. The van der Waals surface area contributed by atoms with Crippen molar-refractivity contribution in [1.82, 2.24) is 15.6 Å². The number of aliphatic imine (C=N–C) groups is 1. The lowest BCUT2D eigenvalue weighted by Gasteiger charge is -2.33. The Bertz CT molecular complexity index is 768. The monoisotopic (exact) mass is 409 g/mol. The van der Waals surface area contributed by atoms with E-state index in [4.69, 9.17) is 4.74 Å². The van der Waals surface area contributed by atoms with Crippen LogP contribution in [0.3, 0.4) is 0 Å². The molecule has 1 aliphatic rings. The van der Waals surface area contributed by atoms with Crippen molar-refractivity contribution in [2.75, 3.05) is 38.2 Å². The summed E-state index contributed by atoms with van der Waals surface area (Å²) < 4.78 is 5.75. The number of pyridine rings is 1. The van der Waals surface area contributed by atoms with E-state index in [0.29, 0.717) is 12.0 Å². The minimum atomic E-state index is 0.438. The largest absolute Gasteiger partial charge is 0.493 e. The van der Waals surface area contributed by atoms with Crippen molar-refractivity contribution >= 4 is 11.8 Å². The van der Waals surface area contributed by atoms with E-state index in [0.717, 1.165) is 63.0 Å². The molecule has 0 unspecified atom stereocenters. The summed E-state index contributed by atoms with van der Waals surface area (Å²) in [7, 11) is 1.83. The van der Waals surface area contributed by atoms with Crippen LogP contribution in [-0.4, -0.2) is 50.3 Å². The van der Waals surface area contributed by atoms with E-state index >= 15 is 0 Å². The van der Waals surface area contributed by atoms with E-state index in [2.05, 4.69) is 69.7 Å². The minimum absolute atomic E-state index is 0.438. The number of benzene rings is 1. The topological polar surface area (TPSA) is 61.8 Å². The van der Waals surface area contributed by atoms with Crippen LogP contribution in [0, 0.1) is 5.92 Å². The smallest absolute Gasteiger partial charge is 0.191 e. The highest BCUT2D eigenvalue weighted by Gasteiger charge is 2.20. The zero-order valence-corrected chi connectivity index (χ0v) is 18.5. The van der Waals surface area contributed by atoms with Crippen LogP contribution in [0.15, 0.2) is 53.7 Å². The summed E-state index contributed by atoms with van der Waals surface area (Å²) in [6.07, 6.45) is 4.96. The molecule has 0 spiro atoms. The summed E-state index contributed by atoms with van der Waals surface area (Å²) in [6.45, 7) is 7.94. The van der Waals surface area contributed by atoms with Gasteiger partial charge in [-0.2, -0.15) is 0 Å². The highest BCUT2D eigenvalue weighted by atomic mass is 16.5. The van der Waals surface area contributed by atoms with Gasteiger partial charge in [0.25, 0.3) is 0 Å². The van der Waals surface area contributed by atoms with Crippen molar-refractivity contribution < 1.29 is 4.74 Å². The number of anilines is 1. The highest BCUT2D eigenvalue weighted by Crippen LogP contribution is 2.17. The lowest BCUT2D eigenvalue weighted by Crippen LogP contribution is -2.49. The molecule has 3 rings (SSSR count). The average Bonchev–Trinajstić information content (AvgIpc) is 2.79. The first-order valence-electron chi connectivity index (χ1n) is 11.0. The number of nitrogens with zero attached hydrogens (tertiary/aromatic N) is 3. The fourth-order valence-corrected chi connectivity index (χ4v) is 3.52. The first-order chi connectivity index (χ1) is 14.6. The van der Waals surface area contributed by atoms with Crippen LogP contribution in [-0.2, 0) is 6.42 Å². The van der Waals surface area contributed by atoms with Gasteiger partial charge in [0.2, 0.25) is 0 Å². The third kappa shape index (κ3) is 6.94. The Hall–Kier alpha value is -2.76. The molecule has 0 bridgehead atoms. The second kappa shape index (κ2) is 11.4. The molecule has 1 saturated heterocycles. The van der Waals surface area contributed by atoms with Crippen LogP contribution in [0.2, 0.25) is 0 Å². The number of nitrogens with one attached hydrogen (secondary N) is 2. The first-order valence-corrected chi connectivity index (χ1v) is 11.0. The zero-order chi connectivity index (χ0) is 21.2. The number of ether oxygens (including phenoxy) is 1. The Kier molecular flexibility index (Phi) is 8.36. The van der Waals surface area contributed by atoms with Gasteiger partial charge in [-0.1, -0.05) is 32.0 Å². The van der Waals surface area contributed by atoms with Crippen LogP contribution in [0.25, 0.3) is 0 Å². The molecule has 1 fully saturated rings. The van der Waals surface area contributed by atoms with Gasteiger partial charge in [-0.3, -0.25) is 4.99 Å². The van der Waals surface area contributed by atoms with Crippen LogP contribution < -0.4 is 20.3 Å². The molecule has 1 aromatic carbocycles. The van der Waals surface area contributed by atoms with Crippen LogP contribution in [0.5, 0.6) is 5.75 Å². The summed E-state index contributed by atoms with van der Waals surface area (Å²) in [4.78, 5) is 11.2. The van der Waals surface area contributed by atoms with E-state index in [1.807, 2.05) is 25.4 Å². The van der Waals surface area contributed by atoms with E-state index in [1.165, 1.54) is 5.56 Å². The van der Waals surface area contributed by atoms with Gasteiger partial charge in [0.15, 0.2) is 5.96 Å². The molecule has 0 aliphatic carbocycles. The van der Waals surface area contributed by atoms with E-state index in [9.17, 15) is 0 Å². The highest BCUT2D eigenvalue weighted by molar-refractivity contribution is 5.80. The standard InChI is InChI=1S/C24H35N5O/c1-19(2)18-30-22-9-7-20(8-10-22)11-15-27-24(25-3)28-21-12-16-29(17-13-21)23-6-4-5-14-26-23/h4-10,14,19,21H,11-13,15-18H2,1-3H3,(H2,25,27,28). The van der Waals surface area contributed by atoms with Gasteiger partial charge in [-0.05, 0) is 55.0 Å². The molecule has 0 radical (unpaired) electrons. The lowest BCUT2D eigenvalue weighted by molar-refractivity contribution is 0.271. The molecule has 1 aromatic heterocycles. The lowest BCUT2D eigenvalue weighted by atomic mass is 10.1. The summed E-state index contributed by atoms with van der Waals surface area (Å²) in [6, 6.07) is 14.9. The van der Waals surface area contributed by atoms with E-state index in [1.54, 1.807) is 0 Å². The molecule has 2 N–H and O–H groups in total. The van der Waals surface area contributed by atoms with Gasteiger partial charge in [-0.25, -0.2) is 4.98 Å². The van der Waals surface area contributed by atoms with Gasteiger partial charge < -0.3 is 20.3 Å². The molecule has 1 aliphatic heterocycles. The molecule has 0 saturated carbocycles. The van der Waals surface area contributed by atoms with Crippen molar-refractivity contribution in [2.24, 2.45) is 10.9 Å². The van der Waals surface area contributed by atoms with Gasteiger partial charge in [-0.15, -0.1) is 0 Å². The SMILES string of the molecule is CN=C(NCCc1ccc(OCC(C)C)cc1)NC1CCN(c2ccccn2)CC1. The second-order valence-corrected chi connectivity index (χ2v) is 8.19. The number of guanidine groups is 1. The van der Waals surface area contributed by atoms with Crippen molar-refractivity contribution in [3.63, 3.8) is 0 Å². The summed E-state index contributed by atoms with van der Waals surface area (Å²) in [5.74, 6) is 3.42. The predicted octanol–water partition coefficient (Wildman–Crippen LogP) is 3.49. The molecular formula is C24H35N5O. The molecule has 2 aromatic rings. The Morgan fingerprint density at radius 3 is 2.57 bits per heavy atom. The minimum Gasteiger partial charge on any atom is -0.493 e. The maximum atomic E-state index is 5.75. The van der Waals surface area contributed by atoms with Gasteiger partial charge in [0.1, 0.15) is 11.6 Å². The van der Waals surface area contributed by atoms with Crippen LogP contribution in [0.4, 0.5) is 5.82 Å². The Labute approximate surface area is 180 Å². The van der Waals surface area contributed by atoms with Crippen molar-refractivity contribution in [3.8, 4) is 5.75 Å². The molecule has 6 heteroatoms. The first kappa shape index (κ1) is 21.9. The quantitative estimate of drug-likeness (QED) is 0.516. The molecular weight excluding hydrogens is 374 g/mol. The fraction of sp³-hybridized carbons (Fsp3) is 0.500. The maximum absolute atomic E-state index is 5.75. The fourth-order valence-electron chi connectivity index (χ4n) is 3.52. The van der Waals surface area contributed by atoms with Gasteiger partial charge in [0, 0.05) is 38.9 Å². The summed E-state index contributed by atoms with van der Waals surface area (Å²) in [5, 5.41) is 7.02. The average molecular weight is 410 g/mol. The predicted molar refractivity (Wildman–Crippen MR) is 124 cm³/mol. The molecule has 0 atom stereocenters. The summed E-state index contributed by atoms with van der Waals surface area (Å²) >= 11 is 0. The number of hydrogen-bond acceptors (Lipinski definition) is 4. The number of aromatic nitrogens is 1. The van der Waals surface area contributed by atoms with Crippen molar-refractivity contribution in [1.29, 1.82) is 0 Å². The maximum Gasteiger partial charge on any atom is 0.191 e. The van der Waals surface area contributed by atoms with Crippen molar-refractivity contribution in [3.05, 3.63) is 54.2 Å². The normalized spacial score (nSPS) is 15.3. The number of rotatable bonds is 8. The number of hydrogen-bond donors (Lipinski definition) is 2. The third-order valence-corrected chi connectivity index (χ3v) is 5.25. The Morgan fingerprint density at radius 1 is 1.17 bits per heavy atom. The second-order valence-electron chi connectivity index (χ2n) is 8.19. The van der Waals surface area contributed by atoms with Crippen molar-refractivity contribution in [2.45, 2.75) is 39.2 Å². The zero-order valence-electron chi connectivity index (χ0n) is 18.5. The number of piperidine rings is 1. The van der Waals surface area contributed by atoms with Crippen LogP contribution in [0.1, 0.15) is 32.3 Å². The van der Waals surface area contributed by atoms with Crippen LogP contribution >= 0.6 is 0 Å². The van der Waals surface area contributed by atoms with Gasteiger partial charge in [0.05, 0.1) is 6.61 Å². The molecule has 2 heterocycles. The summed E-state index contributed by atoms with van der Waals surface area (Å²) in [5.41, 5.74) is 1.29. The van der Waals surface area contributed by atoms with E-state index in [-0.39, 0.29) is 0 Å². The molecule has 0 amide bonds.